The highest BCUT2D eigenvalue weighted by molar-refractivity contribution is 5.94. The van der Waals surface area contributed by atoms with Crippen LogP contribution in [0.5, 0.6) is 0 Å². The second-order valence-corrected chi connectivity index (χ2v) is 9.87. The molecule has 28 heavy (non-hydrogen) atoms. The van der Waals surface area contributed by atoms with Crippen LogP contribution in [0.2, 0.25) is 0 Å². The molecule has 0 aromatic heterocycles. The van der Waals surface area contributed by atoms with E-state index in [2.05, 4.69) is 10.2 Å². The number of hydrogen-bond acceptors (Lipinski definition) is 3. The molecule has 0 radical (unpaired) electrons. The molecule has 2 aliphatic heterocycles. The highest BCUT2D eigenvalue weighted by Crippen LogP contribution is 2.46. The van der Waals surface area contributed by atoms with Crippen molar-refractivity contribution in [1.29, 1.82) is 0 Å². The van der Waals surface area contributed by atoms with Gasteiger partial charge in [0, 0.05) is 29.9 Å². The highest BCUT2D eigenvalue weighted by Gasteiger charge is 2.44. The molecule has 0 spiro atoms. The summed E-state index contributed by atoms with van der Waals surface area (Å²) >= 11 is 0. The summed E-state index contributed by atoms with van der Waals surface area (Å²) in [5.41, 5.74) is 1.19. The van der Waals surface area contributed by atoms with Crippen LogP contribution in [-0.2, 0) is 0 Å². The van der Waals surface area contributed by atoms with Crippen molar-refractivity contribution in [3.63, 3.8) is 0 Å². The SMILES string of the molecule is O=C(O)c1ccccc1N[C@H]1C[C@H]2CCC[C@@H](C1)N2[C@H]1C[C@@H]2CCC[C@@H](C2)C1. The van der Waals surface area contributed by atoms with E-state index in [0.29, 0.717) is 23.7 Å². The Morgan fingerprint density at radius 1 is 0.857 bits per heavy atom. The zero-order valence-corrected chi connectivity index (χ0v) is 16.9. The molecule has 1 aromatic rings. The van der Waals surface area contributed by atoms with Gasteiger partial charge < -0.3 is 10.4 Å². The van der Waals surface area contributed by atoms with Gasteiger partial charge in [0.05, 0.1) is 5.56 Å². The highest BCUT2D eigenvalue weighted by atomic mass is 16.4. The predicted octanol–water partition coefficient (Wildman–Crippen LogP) is 5.15. The third kappa shape index (κ3) is 3.56. The van der Waals surface area contributed by atoms with E-state index in [4.69, 9.17) is 0 Å². The quantitative estimate of drug-likeness (QED) is 0.756. The van der Waals surface area contributed by atoms with Crippen molar-refractivity contribution in [3.8, 4) is 0 Å². The molecule has 2 N–H and O–H groups in total. The first-order valence-corrected chi connectivity index (χ1v) is 11.5. The minimum absolute atomic E-state index is 0.398. The van der Waals surface area contributed by atoms with Gasteiger partial charge in [-0.1, -0.05) is 37.8 Å². The standard InChI is InChI=1S/C24H34N2O2/c27-24(28)22-9-1-2-10-23(22)25-18-14-19-7-4-8-20(15-18)26(19)21-12-16-5-3-6-17(11-16)13-21/h1-2,9-10,16-21,25H,3-8,11-15H2,(H,27,28)/t16-,17+,18-,19+,20-,21+. The summed E-state index contributed by atoms with van der Waals surface area (Å²) in [6.07, 6.45) is 15.1. The lowest BCUT2D eigenvalue weighted by molar-refractivity contribution is -0.0382. The van der Waals surface area contributed by atoms with E-state index in [0.717, 1.165) is 36.4 Å². The molecule has 4 aliphatic rings. The van der Waals surface area contributed by atoms with Gasteiger partial charge >= 0.3 is 5.97 Å². The fourth-order valence-electron chi connectivity index (χ4n) is 7.09. The van der Waals surface area contributed by atoms with Gasteiger partial charge in [-0.15, -0.1) is 0 Å². The fraction of sp³-hybridized carbons (Fsp3) is 0.708. The van der Waals surface area contributed by atoms with Crippen LogP contribution in [0.1, 0.15) is 81.0 Å². The van der Waals surface area contributed by atoms with Gasteiger partial charge in [-0.2, -0.15) is 0 Å². The number of aromatic carboxylic acids is 1. The summed E-state index contributed by atoms with van der Waals surface area (Å²) in [7, 11) is 0. The molecule has 4 bridgehead atoms. The van der Waals surface area contributed by atoms with Gasteiger partial charge in [0.15, 0.2) is 0 Å². The molecule has 4 heteroatoms. The number of hydrogen-bond donors (Lipinski definition) is 2. The van der Waals surface area contributed by atoms with Gasteiger partial charge in [-0.3, -0.25) is 4.90 Å². The van der Waals surface area contributed by atoms with Crippen molar-refractivity contribution in [2.24, 2.45) is 11.8 Å². The molecule has 4 nitrogen and oxygen atoms in total. The first kappa shape index (κ1) is 18.5. The molecule has 2 saturated carbocycles. The Morgan fingerprint density at radius 2 is 1.50 bits per heavy atom. The van der Waals surface area contributed by atoms with Crippen LogP contribution >= 0.6 is 0 Å². The van der Waals surface area contributed by atoms with Crippen molar-refractivity contribution in [1.82, 2.24) is 4.90 Å². The summed E-state index contributed by atoms with van der Waals surface area (Å²) in [5, 5.41) is 13.1. The molecule has 2 aliphatic carbocycles. The molecular formula is C24H34N2O2. The third-order valence-corrected chi connectivity index (χ3v) is 8.07. The molecule has 5 rings (SSSR count). The molecule has 2 saturated heterocycles. The molecule has 2 heterocycles. The first-order valence-electron chi connectivity index (χ1n) is 11.5. The van der Waals surface area contributed by atoms with Crippen LogP contribution in [0.4, 0.5) is 5.69 Å². The molecule has 1 aromatic carbocycles. The summed E-state index contributed by atoms with van der Waals surface area (Å²) in [6.45, 7) is 0. The number of anilines is 1. The Hall–Kier alpha value is -1.55. The smallest absolute Gasteiger partial charge is 0.337 e. The van der Waals surface area contributed by atoms with Crippen molar-refractivity contribution in [3.05, 3.63) is 29.8 Å². The zero-order valence-electron chi connectivity index (χ0n) is 16.9. The van der Waals surface area contributed by atoms with Crippen LogP contribution in [0, 0.1) is 11.8 Å². The lowest BCUT2D eigenvalue weighted by Crippen LogP contribution is -2.60. The Labute approximate surface area is 168 Å². The summed E-state index contributed by atoms with van der Waals surface area (Å²) < 4.78 is 0. The topological polar surface area (TPSA) is 52.6 Å². The first-order chi connectivity index (χ1) is 13.7. The van der Waals surface area contributed by atoms with Crippen molar-refractivity contribution < 1.29 is 9.90 Å². The van der Waals surface area contributed by atoms with Gasteiger partial charge in [-0.25, -0.2) is 4.79 Å². The van der Waals surface area contributed by atoms with E-state index in [1.54, 1.807) is 6.07 Å². The maximum absolute atomic E-state index is 11.6. The fourth-order valence-corrected chi connectivity index (χ4v) is 7.09. The van der Waals surface area contributed by atoms with Crippen molar-refractivity contribution in [2.45, 2.75) is 94.8 Å². The minimum atomic E-state index is -0.838. The monoisotopic (exact) mass is 382 g/mol. The Morgan fingerprint density at radius 3 is 2.18 bits per heavy atom. The van der Waals surface area contributed by atoms with E-state index < -0.39 is 5.97 Å². The van der Waals surface area contributed by atoms with Gasteiger partial charge in [0.2, 0.25) is 0 Å². The normalized spacial score (nSPS) is 38.0. The number of carbonyl (C=O) groups is 1. The lowest BCUT2D eigenvalue weighted by Gasteiger charge is -2.55. The maximum Gasteiger partial charge on any atom is 0.337 e. The van der Waals surface area contributed by atoms with Crippen LogP contribution in [0.3, 0.4) is 0 Å². The number of carboxylic acid groups (broad SMARTS) is 1. The number of fused-ring (bicyclic) bond motifs is 4. The van der Waals surface area contributed by atoms with Crippen LogP contribution in [-0.4, -0.2) is 40.1 Å². The van der Waals surface area contributed by atoms with Crippen molar-refractivity contribution in [2.75, 3.05) is 5.32 Å². The number of para-hydroxylation sites is 1. The average molecular weight is 383 g/mol. The second kappa shape index (κ2) is 7.70. The van der Waals surface area contributed by atoms with E-state index in [1.807, 2.05) is 18.2 Å². The van der Waals surface area contributed by atoms with Gasteiger partial charge in [-0.05, 0) is 68.9 Å². The van der Waals surface area contributed by atoms with E-state index >= 15 is 0 Å². The molecule has 0 unspecified atom stereocenters. The lowest BCUT2D eigenvalue weighted by atomic mass is 9.68. The van der Waals surface area contributed by atoms with E-state index in [9.17, 15) is 9.90 Å². The van der Waals surface area contributed by atoms with Crippen LogP contribution < -0.4 is 5.32 Å². The maximum atomic E-state index is 11.6. The van der Waals surface area contributed by atoms with Crippen LogP contribution in [0.25, 0.3) is 0 Å². The summed E-state index contributed by atoms with van der Waals surface area (Å²) in [5.74, 6) is 1.13. The van der Waals surface area contributed by atoms with Crippen LogP contribution in [0.15, 0.2) is 24.3 Å². The molecule has 0 amide bonds. The van der Waals surface area contributed by atoms with Gasteiger partial charge in [0.1, 0.15) is 0 Å². The molecule has 152 valence electrons. The summed E-state index contributed by atoms with van der Waals surface area (Å²) in [6, 6.07) is 9.96. The third-order valence-electron chi connectivity index (χ3n) is 8.07. The molecule has 6 atom stereocenters. The van der Waals surface area contributed by atoms with Gasteiger partial charge in [0.25, 0.3) is 0 Å². The molecular weight excluding hydrogens is 348 g/mol. The van der Waals surface area contributed by atoms with E-state index in [1.165, 1.54) is 57.8 Å². The largest absolute Gasteiger partial charge is 0.478 e. The number of benzene rings is 1. The molecule has 4 fully saturated rings. The Bertz CT molecular complexity index is 694. The van der Waals surface area contributed by atoms with E-state index in [-0.39, 0.29) is 0 Å². The predicted molar refractivity (Wildman–Crippen MR) is 112 cm³/mol. The number of carboxylic acids is 1. The zero-order chi connectivity index (χ0) is 19.1. The number of nitrogens with zero attached hydrogens (tertiary/aromatic N) is 1. The average Bonchev–Trinajstić information content (AvgIpc) is 2.67. The summed E-state index contributed by atoms with van der Waals surface area (Å²) in [4.78, 5) is 14.5. The number of rotatable bonds is 4. The number of nitrogens with one attached hydrogen (secondary N) is 1. The van der Waals surface area contributed by atoms with Crippen molar-refractivity contribution >= 4 is 11.7 Å². The Kier molecular flexibility index (Phi) is 5.08. The Balaban J connectivity index is 1.30. The minimum Gasteiger partial charge on any atom is -0.478 e. The second-order valence-electron chi connectivity index (χ2n) is 9.87. The number of piperidine rings is 2.